The SMILES string of the molecule is CCCCc1nnc(OC2CCNCC2)cc1-c1ccc(OC2CCCCC2)c(-c2cnn(CCOC)c2)c1. The van der Waals surface area contributed by atoms with E-state index in [4.69, 9.17) is 14.2 Å². The highest BCUT2D eigenvalue weighted by Crippen LogP contribution is 2.38. The number of nitrogens with zero attached hydrogens (tertiary/aromatic N) is 4. The van der Waals surface area contributed by atoms with E-state index >= 15 is 0 Å². The van der Waals surface area contributed by atoms with E-state index in [1.54, 1.807) is 7.11 Å². The quantitative estimate of drug-likeness (QED) is 0.313. The first-order valence-corrected chi connectivity index (χ1v) is 14.8. The van der Waals surface area contributed by atoms with E-state index < -0.39 is 0 Å². The first-order chi connectivity index (χ1) is 19.2. The Hall–Kier alpha value is -2.97. The van der Waals surface area contributed by atoms with Crippen molar-refractivity contribution < 1.29 is 14.2 Å². The standard InChI is InChI=1S/C31H43N5O3/c1-3-4-10-29-27(20-31(35-34-29)39-26-13-15-32-16-14-26)23-11-12-30(38-25-8-6-5-7-9-25)28(19-23)24-21-33-36(22-24)17-18-37-2/h11-12,19-22,25-26,32H,3-10,13-18H2,1-2H3. The topological polar surface area (TPSA) is 83.3 Å². The van der Waals surface area contributed by atoms with Gasteiger partial charge in [-0.2, -0.15) is 10.2 Å². The molecule has 1 aliphatic heterocycles. The lowest BCUT2D eigenvalue weighted by Gasteiger charge is -2.25. The van der Waals surface area contributed by atoms with Crippen molar-refractivity contribution in [1.82, 2.24) is 25.3 Å². The molecule has 39 heavy (non-hydrogen) atoms. The largest absolute Gasteiger partial charge is 0.490 e. The number of aromatic nitrogens is 4. The molecule has 8 nitrogen and oxygen atoms in total. The fourth-order valence-corrected chi connectivity index (χ4v) is 5.52. The van der Waals surface area contributed by atoms with Crippen LogP contribution in [0.3, 0.4) is 0 Å². The molecule has 5 rings (SSSR count). The number of rotatable bonds is 12. The molecule has 0 radical (unpaired) electrons. The van der Waals surface area contributed by atoms with E-state index in [1.165, 1.54) is 19.3 Å². The minimum Gasteiger partial charge on any atom is -0.490 e. The minimum atomic E-state index is 0.176. The van der Waals surface area contributed by atoms with E-state index in [1.807, 2.05) is 10.9 Å². The lowest BCUT2D eigenvalue weighted by atomic mass is 9.96. The first kappa shape index (κ1) is 27.6. The van der Waals surface area contributed by atoms with Gasteiger partial charge in [0.2, 0.25) is 5.88 Å². The van der Waals surface area contributed by atoms with Crippen LogP contribution in [0.25, 0.3) is 22.3 Å². The Labute approximate surface area is 232 Å². The Morgan fingerprint density at radius 1 is 0.923 bits per heavy atom. The highest BCUT2D eigenvalue weighted by molar-refractivity contribution is 5.78. The molecule has 2 fully saturated rings. The molecule has 0 amide bonds. The number of hydrogen-bond donors (Lipinski definition) is 1. The van der Waals surface area contributed by atoms with E-state index in [0.29, 0.717) is 19.0 Å². The van der Waals surface area contributed by atoms with Crippen molar-refractivity contribution in [1.29, 1.82) is 0 Å². The van der Waals surface area contributed by atoms with Gasteiger partial charge in [-0.05, 0) is 82.2 Å². The molecule has 0 spiro atoms. The monoisotopic (exact) mass is 533 g/mol. The maximum absolute atomic E-state index is 6.62. The van der Waals surface area contributed by atoms with Crippen molar-refractivity contribution in [3.63, 3.8) is 0 Å². The summed E-state index contributed by atoms with van der Waals surface area (Å²) in [6.45, 7) is 5.49. The molecule has 1 saturated carbocycles. The van der Waals surface area contributed by atoms with Crippen LogP contribution in [-0.2, 0) is 17.7 Å². The third kappa shape index (κ3) is 7.37. The van der Waals surface area contributed by atoms with Crippen molar-refractivity contribution in [2.75, 3.05) is 26.8 Å². The Morgan fingerprint density at radius 3 is 2.54 bits per heavy atom. The molecular weight excluding hydrogens is 490 g/mol. The van der Waals surface area contributed by atoms with Crippen LogP contribution in [-0.4, -0.2) is 59.0 Å². The van der Waals surface area contributed by atoms with Crippen LogP contribution in [0.2, 0.25) is 0 Å². The molecule has 210 valence electrons. The second-order valence-corrected chi connectivity index (χ2v) is 10.8. The predicted octanol–water partition coefficient (Wildman–Crippen LogP) is 5.84. The highest BCUT2D eigenvalue weighted by atomic mass is 16.5. The molecule has 1 saturated heterocycles. The molecule has 1 aliphatic carbocycles. The summed E-state index contributed by atoms with van der Waals surface area (Å²) in [7, 11) is 1.71. The first-order valence-electron chi connectivity index (χ1n) is 14.8. The van der Waals surface area contributed by atoms with Crippen LogP contribution in [0.1, 0.15) is 70.4 Å². The second-order valence-electron chi connectivity index (χ2n) is 10.8. The summed E-state index contributed by atoms with van der Waals surface area (Å²) in [5.74, 6) is 1.52. The number of piperidine rings is 1. The van der Waals surface area contributed by atoms with Crippen molar-refractivity contribution >= 4 is 0 Å². The van der Waals surface area contributed by atoms with E-state index in [9.17, 15) is 0 Å². The zero-order chi connectivity index (χ0) is 26.9. The molecule has 0 unspecified atom stereocenters. The summed E-state index contributed by atoms with van der Waals surface area (Å²) in [5, 5.41) is 17.1. The summed E-state index contributed by atoms with van der Waals surface area (Å²) in [5.41, 5.74) is 5.29. The number of unbranched alkanes of at least 4 members (excludes halogenated alkanes) is 1. The Bertz CT molecular complexity index is 1180. The summed E-state index contributed by atoms with van der Waals surface area (Å²) in [6.07, 6.45) is 15.5. The third-order valence-electron chi connectivity index (χ3n) is 7.79. The molecule has 0 atom stereocenters. The van der Waals surface area contributed by atoms with Gasteiger partial charge in [-0.15, -0.1) is 5.10 Å². The van der Waals surface area contributed by atoms with Crippen LogP contribution < -0.4 is 14.8 Å². The van der Waals surface area contributed by atoms with Gasteiger partial charge in [0.25, 0.3) is 0 Å². The fraction of sp³-hybridized carbons (Fsp3) is 0.581. The van der Waals surface area contributed by atoms with Gasteiger partial charge in [0.1, 0.15) is 11.9 Å². The van der Waals surface area contributed by atoms with Crippen LogP contribution in [0, 0.1) is 0 Å². The molecule has 2 aromatic heterocycles. The summed E-state index contributed by atoms with van der Waals surface area (Å²) >= 11 is 0. The fourth-order valence-electron chi connectivity index (χ4n) is 5.52. The van der Waals surface area contributed by atoms with Gasteiger partial charge < -0.3 is 19.5 Å². The van der Waals surface area contributed by atoms with Gasteiger partial charge in [-0.25, -0.2) is 0 Å². The highest BCUT2D eigenvalue weighted by Gasteiger charge is 2.21. The normalized spacial score (nSPS) is 16.9. The average Bonchev–Trinajstić information content (AvgIpc) is 3.45. The van der Waals surface area contributed by atoms with Crippen LogP contribution >= 0.6 is 0 Å². The summed E-state index contributed by atoms with van der Waals surface area (Å²) in [4.78, 5) is 0. The van der Waals surface area contributed by atoms with Crippen molar-refractivity contribution in [3.8, 4) is 33.9 Å². The predicted molar refractivity (Wildman–Crippen MR) is 153 cm³/mol. The van der Waals surface area contributed by atoms with Gasteiger partial charge in [0.15, 0.2) is 0 Å². The number of ether oxygens (including phenoxy) is 3. The Morgan fingerprint density at radius 2 is 1.74 bits per heavy atom. The summed E-state index contributed by atoms with van der Waals surface area (Å²) in [6, 6.07) is 8.61. The number of nitrogens with one attached hydrogen (secondary N) is 1. The van der Waals surface area contributed by atoms with Crippen LogP contribution in [0.15, 0.2) is 36.7 Å². The van der Waals surface area contributed by atoms with Gasteiger partial charge in [0.05, 0.1) is 31.1 Å². The lowest BCUT2D eigenvalue weighted by Crippen LogP contribution is -2.34. The maximum Gasteiger partial charge on any atom is 0.234 e. The molecule has 3 aromatic rings. The van der Waals surface area contributed by atoms with E-state index in [0.717, 1.165) is 91.7 Å². The lowest BCUT2D eigenvalue weighted by molar-refractivity contribution is 0.154. The van der Waals surface area contributed by atoms with E-state index in [2.05, 4.69) is 58.0 Å². The van der Waals surface area contributed by atoms with Crippen LogP contribution in [0.4, 0.5) is 0 Å². The zero-order valence-corrected chi connectivity index (χ0v) is 23.5. The van der Waals surface area contributed by atoms with Crippen molar-refractivity contribution in [3.05, 3.63) is 42.4 Å². The smallest absolute Gasteiger partial charge is 0.234 e. The second kappa shape index (κ2) is 13.9. The molecular formula is C31H43N5O3. The molecule has 3 heterocycles. The number of hydrogen-bond acceptors (Lipinski definition) is 7. The molecule has 8 heteroatoms. The molecule has 0 bridgehead atoms. The molecule has 1 aromatic carbocycles. The van der Waals surface area contributed by atoms with E-state index in [-0.39, 0.29) is 12.2 Å². The maximum atomic E-state index is 6.62. The Balaban J connectivity index is 1.50. The van der Waals surface area contributed by atoms with Crippen molar-refractivity contribution in [2.45, 2.75) is 89.9 Å². The third-order valence-corrected chi connectivity index (χ3v) is 7.79. The van der Waals surface area contributed by atoms with Gasteiger partial charge in [-0.3, -0.25) is 4.68 Å². The van der Waals surface area contributed by atoms with Crippen LogP contribution in [0.5, 0.6) is 11.6 Å². The van der Waals surface area contributed by atoms with Gasteiger partial charge in [0, 0.05) is 36.1 Å². The van der Waals surface area contributed by atoms with Crippen molar-refractivity contribution in [2.24, 2.45) is 0 Å². The average molecular weight is 534 g/mol. The van der Waals surface area contributed by atoms with Gasteiger partial charge in [-0.1, -0.05) is 25.8 Å². The number of methoxy groups -OCH3 is 1. The zero-order valence-electron chi connectivity index (χ0n) is 23.5. The number of aryl methyl sites for hydroxylation is 1. The minimum absolute atomic E-state index is 0.176. The molecule has 2 aliphatic rings. The Kier molecular flexibility index (Phi) is 9.83. The number of benzene rings is 1. The molecule has 1 N–H and O–H groups in total. The van der Waals surface area contributed by atoms with Gasteiger partial charge >= 0.3 is 0 Å². The summed E-state index contributed by atoms with van der Waals surface area (Å²) < 4.78 is 20.1.